The van der Waals surface area contributed by atoms with Gasteiger partial charge in [0.15, 0.2) is 0 Å². The maximum Gasteiger partial charge on any atom is 0.238 e. The lowest BCUT2D eigenvalue weighted by Crippen LogP contribution is -2.28. The van der Waals surface area contributed by atoms with Gasteiger partial charge in [0.2, 0.25) is 5.91 Å². The van der Waals surface area contributed by atoms with Crippen LogP contribution in [-0.4, -0.2) is 5.91 Å². The molecule has 1 atom stereocenters. The fourth-order valence-electron chi connectivity index (χ4n) is 0.881. The van der Waals surface area contributed by atoms with E-state index in [4.69, 9.17) is 23.1 Å². The summed E-state index contributed by atoms with van der Waals surface area (Å²) in [7, 11) is 0. The molecular weight excluding hydrogens is 211 g/mol. The zero-order chi connectivity index (χ0) is 9.14. The highest BCUT2D eigenvalue weighted by atomic mass is 35.5. The van der Waals surface area contributed by atoms with Gasteiger partial charge in [-0.1, -0.05) is 29.8 Å². The molecular formula is C8H10Cl2N2O. The molecule has 13 heavy (non-hydrogen) atoms. The first kappa shape index (κ1) is 12.2. The summed E-state index contributed by atoms with van der Waals surface area (Å²) in [5, 5.41) is 0.462. The smallest absolute Gasteiger partial charge is 0.238 e. The molecule has 0 aromatic heterocycles. The molecule has 0 saturated carbocycles. The highest BCUT2D eigenvalue weighted by molar-refractivity contribution is 6.31. The number of hydrogen-bond acceptors (Lipinski definition) is 2. The Kier molecular flexibility index (Phi) is 4.77. The van der Waals surface area contributed by atoms with Gasteiger partial charge in [0.05, 0.1) is 0 Å². The molecule has 0 heterocycles. The Hall–Kier alpha value is -0.770. The van der Waals surface area contributed by atoms with Crippen LogP contribution in [0.5, 0.6) is 0 Å². The fraction of sp³-hybridized carbons (Fsp3) is 0.125. The molecule has 5 heteroatoms. The summed E-state index contributed by atoms with van der Waals surface area (Å²) in [5.74, 6) is -0.580. The van der Waals surface area contributed by atoms with Crippen molar-refractivity contribution in [2.75, 3.05) is 0 Å². The van der Waals surface area contributed by atoms with E-state index in [-0.39, 0.29) is 12.4 Å². The molecule has 0 spiro atoms. The lowest BCUT2D eigenvalue weighted by molar-refractivity contribution is -0.119. The third-order valence-electron chi connectivity index (χ3n) is 1.55. The number of amides is 1. The van der Waals surface area contributed by atoms with Gasteiger partial charge >= 0.3 is 0 Å². The summed E-state index contributed by atoms with van der Waals surface area (Å²) < 4.78 is 0. The lowest BCUT2D eigenvalue weighted by atomic mass is 10.1. The number of carbonyl (C=O) groups is 1. The van der Waals surface area contributed by atoms with Crippen molar-refractivity contribution >= 4 is 29.9 Å². The minimum absolute atomic E-state index is 0. The van der Waals surface area contributed by atoms with Gasteiger partial charge in [0, 0.05) is 5.02 Å². The largest absolute Gasteiger partial charge is 0.368 e. The van der Waals surface area contributed by atoms with Crippen molar-refractivity contribution < 1.29 is 4.79 Å². The van der Waals surface area contributed by atoms with Crippen molar-refractivity contribution in [1.29, 1.82) is 0 Å². The van der Waals surface area contributed by atoms with Crippen LogP contribution in [0.1, 0.15) is 11.6 Å². The van der Waals surface area contributed by atoms with E-state index in [2.05, 4.69) is 0 Å². The molecule has 0 fully saturated rings. The average Bonchev–Trinajstić information content (AvgIpc) is 2.04. The van der Waals surface area contributed by atoms with Crippen LogP contribution in [0.3, 0.4) is 0 Å². The minimum Gasteiger partial charge on any atom is -0.368 e. The molecule has 1 aromatic rings. The molecule has 0 radical (unpaired) electrons. The number of carbonyl (C=O) groups excluding carboxylic acids is 1. The minimum atomic E-state index is -0.821. The molecule has 0 aliphatic heterocycles. The predicted octanol–water partition coefficient (Wildman–Crippen LogP) is 1.25. The number of benzene rings is 1. The van der Waals surface area contributed by atoms with Crippen molar-refractivity contribution in [3.8, 4) is 0 Å². The number of primary amides is 1. The maximum absolute atomic E-state index is 10.7. The number of rotatable bonds is 2. The van der Waals surface area contributed by atoms with Gasteiger partial charge in [-0.3, -0.25) is 4.79 Å². The van der Waals surface area contributed by atoms with Crippen molar-refractivity contribution in [2.24, 2.45) is 11.5 Å². The van der Waals surface area contributed by atoms with E-state index >= 15 is 0 Å². The lowest BCUT2D eigenvalue weighted by Gasteiger charge is -2.08. The van der Waals surface area contributed by atoms with Crippen LogP contribution in [0.4, 0.5) is 0 Å². The molecule has 72 valence electrons. The van der Waals surface area contributed by atoms with E-state index in [1.807, 2.05) is 0 Å². The number of hydrogen-bond donors (Lipinski definition) is 2. The highest BCUT2D eigenvalue weighted by Crippen LogP contribution is 2.20. The zero-order valence-corrected chi connectivity index (χ0v) is 8.31. The molecule has 0 aliphatic rings. The molecule has 1 unspecified atom stereocenters. The fourth-order valence-corrected chi connectivity index (χ4v) is 1.13. The molecule has 4 N–H and O–H groups in total. The van der Waals surface area contributed by atoms with E-state index in [0.717, 1.165) is 0 Å². The molecule has 0 aliphatic carbocycles. The molecule has 0 saturated heterocycles. The van der Waals surface area contributed by atoms with Gasteiger partial charge in [-0.25, -0.2) is 0 Å². The second-order valence-corrected chi connectivity index (χ2v) is 2.81. The van der Waals surface area contributed by atoms with E-state index < -0.39 is 11.9 Å². The predicted molar refractivity (Wildman–Crippen MR) is 54.8 cm³/mol. The monoisotopic (exact) mass is 220 g/mol. The molecule has 1 aromatic carbocycles. The average molecular weight is 221 g/mol. The molecule has 1 rings (SSSR count). The first-order chi connectivity index (χ1) is 5.63. The third kappa shape index (κ3) is 2.88. The maximum atomic E-state index is 10.7. The van der Waals surface area contributed by atoms with Crippen molar-refractivity contribution in [3.05, 3.63) is 34.9 Å². The van der Waals surface area contributed by atoms with Crippen LogP contribution < -0.4 is 11.5 Å². The summed E-state index contributed by atoms with van der Waals surface area (Å²) in [4.78, 5) is 10.7. The van der Waals surface area contributed by atoms with Crippen LogP contribution >= 0.6 is 24.0 Å². The summed E-state index contributed by atoms with van der Waals surface area (Å²) in [5.41, 5.74) is 11.1. The Morgan fingerprint density at radius 3 is 2.38 bits per heavy atom. The van der Waals surface area contributed by atoms with Gasteiger partial charge in [-0.05, 0) is 11.6 Å². The Balaban J connectivity index is 0.00000144. The zero-order valence-electron chi connectivity index (χ0n) is 6.74. The molecule has 1 amide bonds. The summed E-state index contributed by atoms with van der Waals surface area (Å²) in [6, 6.07) is 6.04. The second-order valence-electron chi connectivity index (χ2n) is 2.40. The van der Waals surface area contributed by atoms with E-state index in [9.17, 15) is 4.79 Å². The van der Waals surface area contributed by atoms with Crippen LogP contribution in [0.2, 0.25) is 5.02 Å². The third-order valence-corrected chi connectivity index (χ3v) is 1.89. The van der Waals surface area contributed by atoms with E-state index in [1.54, 1.807) is 24.3 Å². The first-order valence-electron chi connectivity index (χ1n) is 3.42. The van der Waals surface area contributed by atoms with E-state index in [0.29, 0.717) is 10.6 Å². The summed E-state index contributed by atoms with van der Waals surface area (Å²) in [6.45, 7) is 0. The van der Waals surface area contributed by atoms with Crippen molar-refractivity contribution in [2.45, 2.75) is 6.04 Å². The Morgan fingerprint density at radius 1 is 1.38 bits per heavy atom. The van der Waals surface area contributed by atoms with Crippen molar-refractivity contribution in [3.63, 3.8) is 0 Å². The summed E-state index contributed by atoms with van der Waals surface area (Å²) in [6.07, 6.45) is 0. The van der Waals surface area contributed by atoms with Gasteiger partial charge in [0.1, 0.15) is 6.04 Å². The topological polar surface area (TPSA) is 69.1 Å². The van der Waals surface area contributed by atoms with Crippen molar-refractivity contribution in [1.82, 2.24) is 0 Å². The summed E-state index contributed by atoms with van der Waals surface area (Å²) >= 11 is 5.78. The standard InChI is InChI=1S/C8H9ClN2O.ClH/c9-6-4-2-1-3-5(6)7(10)8(11)12;/h1-4,7H,10H2,(H2,11,12);1H. The Morgan fingerprint density at radius 2 is 1.92 bits per heavy atom. The van der Waals surface area contributed by atoms with E-state index in [1.165, 1.54) is 0 Å². The van der Waals surface area contributed by atoms with Crippen LogP contribution in [-0.2, 0) is 4.79 Å². The van der Waals surface area contributed by atoms with Gasteiger partial charge in [-0.2, -0.15) is 0 Å². The molecule has 3 nitrogen and oxygen atoms in total. The quantitative estimate of drug-likeness (QED) is 0.788. The van der Waals surface area contributed by atoms with Gasteiger partial charge < -0.3 is 11.5 Å². The normalized spacial score (nSPS) is 11.5. The van der Waals surface area contributed by atoms with Gasteiger partial charge in [0.25, 0.3) is 0 Å². The number of nitrogens with two attached hydrogens (primary N) is 2. The molecule has 0 bridgehead atoms. The Bertz CT molecular complexity index is 304. The highest BCUT2D eigenvalue weighted by Gasteiger charge is 2.14. The van der Waals surface area contributed by atoms with Gasteiger partial charge in [-0.15, -0.1) is 12.4 Å². The number of halogens is 2. The van der Waals surface area contributed by atoms with Crippen LogP contribution in [0.15, 0.2) is 24.3 Å². The van der Waals surface area contributed by atoms with Crippen LogP contribution in [0, 0.1) is 0 Å². The SMILES string of the molecule is Cl.NC(=O)C(N)c1ccccc1Cl. The Labute approximate surface area is 87.5 Å². The second kappa shape index (κ2) is 5.07. The first-order valence-corrected chi connectivity index (χ1v) is 3.80. The van der Waals surface area contributed by atoms with Crippen LogP contribution in [0.25, 0.3) is 0 Å².